The summed E-state index contributed by atoms with van der Waals surface area (Å²) in [5.74, 6) is -0.650. The zero-order valence-corrected chi connectivity index (χ0v) is 8.69. The molecule has 0 fully saturated rings. The summed E-state index contributed by atoms with van der Waals surface area (Å²) in [6.07, 6.45) is -1.81. The summed E-state index contributed by atoms with van der Waals surface area (Å²) in [4.78, 5) is 21.6. The molecule has 0 aromatic carbocycles. The van der Waals surface area contributed by atoms with Crippen LogP contribution >= 0.6 is 0 Å². The van der Waals surface area contributed by atoms with Crippen molar-refractivity contribution in [2.45, 2.75) is 13.0 Å². The number of ether oxygens (including phenoxy) is 3. The van der Waals surface area contributed by atoms with Gasteiger partial charge in [0.05, 0.1) is 13.7 Å². The molecule has 86 valence electrons. The number of rotatable bonds is 5. The lowest BCUT2D eigenvalue weighted by molar-refractivity contribution is -0.149. The van der Waals surface area contributed by atoms with Crippen molar-refractivity contribution in [1.29, 1.82) is 0 Å². The molecule has 6 nitrogen and oxygen atoms in total. The number of carbonyl (C=O) groups is 2. The lowest BCUT2D eigenvalue weighted by Gasteiger charge is -2.14. The second kappa shape index (κ2) is 6.83. The molecule has 0 rings (SSSR count). The van der Waals surface area contributed by atoms with Crippen LogP contribution in [0.2, 0.25) is 0 Å². The smallest absolute Gasteiger partial charge is 0.453 e. The molecule has 1 atom stereocenters. The molecule has 1 unspecified atom stereocenters. The zero-order chi connectivity index (χ0) is 11.8. The normalized spacial score (nSPS) is 11.4. The summed E-state index contributed by atoms with van der Waals surface area (Å²) in [5, 5.41) is 8.80. The Morgan fingerprint density at radius 1 is 1.47 bits per heavy atom. The Labute approximate surface area is 87.4 Å². The lowest BCUT2D eigenvalue weighted by Crippen LogP contribution is -2.28. The van der Waals surface area contributed by atoms with E-state index in [0.717, 1.165) is 7.11 Å². The second-order valence-corrected chi connectivity index (χ2v) is 2.76. The predicted octanol–water partition coefficient (Wildman–Crippen LogP) is 0.250. The van der Waals surface area contributed by atoms with Crippen LogP contribution in [0.15, 0.2) is 12.2 Å². The number of hydrogen-bond acceptors (Lipinski definition) is 6. The summed E-state index contributed by atoms with van der Waals surface area (Å²) in [5.41, 5.74) is 0.200. The lowest BCUT2D eigenvalue weighted by atomic mass is 10.3. The maximum absolute atomic E-state index is 11.0. The number of carbonyl (C=O) groups excluding carboxylic acids is 2. The van der Waals surface area contributed by atoms with E-state index in [0.29, 0.717) is 0 Å². The summed E-state index contributed by atoms with van der Waals surface area (Å²) >= 11 is 0. The first-order chi connectivity index (χ1) is 7.01. The molecule has 6 heteroatoms. The first-order valence-electron chi connectivity index (χ1n) is 4.19. The average Bonchev–Trinajstić information content (AvgIpc) is 2.22. The van der Waals surface area contributed by atoms with Crippen LogP contribution in [0.5, 0.6) is 0 Å². The van der Waals surface area contributed by atoms with E-state index in [2.05, 4.69) is 16.1 Å². The molecule has 0 aliphatic carbocycles. The van der Waals surface area contributed by atoms with Crippen LogP contribution in [0, 0.1) is 0 Å². The molecule has 0 heterocycles. The van der Waals surface area contributed by atoms with Gasteiger partial charge in [0.15, 0.2) is 6.10 Å². The van der Waals surface area contributed by atoms with Gasteiger partial charge < -0.3 is 19.3 Å². The third-order valence-electron chi connectivity index (χ3n) is 1.38. The van der Waals surface area contributed by atoms with Gasteiger partial charge in [0.25, 0.3) is 0 Å². The van der Waals surface area contributed by atoms with Gasteiger partial charge in [-0.2, -0.15) is 0 Å². The van der Waals surface area contributed by atoms with E-state index in [1.54, 1.807) is 0 Å². The third kappa shape index (κ3) is 5.69. The van der Waals surface area contributed by atoms with Crippen molar-refractivity contribution in [3.63, 3.8) is 0 Å². The molecule has 0 saturated heterocycles. The molecule has 0 radical (unpaired) electrons. The van der Waals surface area contributed by atoms with Crippen molar-refractivity contribution >= 4 is 12.1 Å². The highest BCUT2D eigenvalue weighted by atomic mass is 16.7. The number of esters is 1. The molecular weight excluding hydrogens is 204 g/mol. The summed E-state index contributed by atoms with van der Waals surface area (Å²) in [6, 6.07) is 0. The second-order valence-electron chi connectivity index (χ2n) is 2.76. The van der Waals surface area contributed by atoms with Crippen molar-refractivity contribution in [1.82, 2.24) is 0 Å². The number of methoxy groups -OCH3 is 1. The Morgan fingerprint density at radius 3 is 2.47 bits per heavy atom. The highest BCUT2D eigenvalue weighted by Crippen LogP contribution is 1.99. The predicted molar refractivity (Wildman–Crippen MR) is 50.1 cm³/mol. The van der Waals surface area contributed by atoms with Crippen LogP contribution in [0.1, 0.15) is 6.92 Å². The van der Waals surface area contributed by atoms with E-state index in [1.165, 1.54) is 6.92 Å². The van der Waals surface area contributed by atoms with Gasteiger partial charge in [0.2, 0.25) is 0 Å². The molecule has 0 aromatic rings. The first-order valence-corrected chi connectivity index (χ1v) is 4.19. The third-order valence-corrected chi connectivity index (χ3v) is 1.38. The fraction of sp³-hybridized carbons (Fsp3) is 0.556. The van der Waals surface area contributed by atoms with Crippen LogP contribution in [0.4, 0.5) is 4.79 Å². The maximum Gasteiger partial charge on any atom is 0.508 e. The van der Waals surface area contributed by atoms with E-state index in [4.69, 9.17) is 9.84 Å². The van der Waals surface area contributed by atoms with E-state index in [-0.39, 0.29) is 12.2 Å². The molecule has 15 heavy (non-hydrogen) atoms. The fourth-order valence-corrected chi connectivity index (χ4v) is 0.596. The molecule has 0 aromatic heterocycles. The van der Waals surface area contributed by atoms with Crippen LogP contribution in [0.3, 0.4) is 0 Å². The molecule has 0 aliphatic rings. The SMILES string of the molecule is C=C(C)C(=O)OC(CO)COC(=O)OC. The Bertz CT molecular complexity index is 247. The molecule has 0 bridgehead atoms. The molecule has 0 aliphatic heterocycles. The van der Waals surface area contributed by atoms with Gasteiger partial charge in [-0.05, 0) is 6.92 Å². The van der Waals surface area contributed by atoms with E-state index < -0.39 is 24.8 Å². The quantitative estimate of drug-likeness (QED) is 0.526. The van der Waals surface area contributed by atoms with Gasteiger partial charge in [0.1, 0.15) is 6.61 Å². The van der Waals surface area contributed by atoms with Gasteiger partial charge in [-0.3, -0.25) is 0 Å². The highest BCUT2D eigenvalue weighted by molar-refractivity contribution is 5.87. The number of aliphatic hydroxyl groups is 1. The summed E-state index contributed by atoms with van der Waals surface area (Å²) in [7, 11) is 1.15. The van der Waals surface area contributed by atoms with Gasteiger partial charge in [-0.1, -0.05) is 6.58 Å². The number of aliphatic hydroxyl groups excluding tert-OH is 1. The van der Waals surface area contributed by atoms with E-state index in [9.17, 15) is 9.59 Å². The zero-order valence-electron chi connectivity index (χ0n) is 8.69. The minimum atomic E-state index is -0.909. The topological polar surface area (TPSA) is 82.1 Å². The minimum absolute atomic E-state index is 0.200. The standard InChI is InChI=1S/C9H14O6/c1-6(2)8(11)15-7(4-10)5-14-9(12)13-3/h7,10H,1,4-5H2,2-3H3. The maximum atomic E-state index is 11.0. The molecule has 0 spiro atoms. The van der Waals surface area contributed by atoms with Crippen LogP contribution in [0.25, 0.3) is 0 Å². The van der Waals surface area contributed by atoms with Gasteiger partial charge >= 0.3 is 12.1 Å². The Kier molecular flexibility index (Phi) is 6.12. The van der Waals surface area contributed by atoms with E-state index in [1.807, 2.05) is 0 Å². The van der Waals surface area contributed by atoms with Gasteiger partial charge in [-0.25, -0.2) is 9.59 Å². The Balaban J connectivity index is 3.98. The van der Waals surface area contributed by atoms with Crippen molar-refractivity contribution in [2.75, 3.05) is 20.3 Å². The monoisotopic (exact) mass is 218 g/mol. The first kappa shape index (κ1) is 13.4. The van der Waals surface area contributed by atoms with Crippen molar-refractivity contribution in [3.05, 3.63) is 12.2 Å². The van der Waals surface area contributed by atoms with Crippen molar-refractivity contribution < 1.29 is 28.9 Å². The molecule has 0 amide bonds. The van der Waals surface area contributed by atoms with Gasteiger partial charge in [0, 0.05) is 5.57 Å². The van der Waals surface area contributed by atoms with Crippen molar-refractivity contribution in [2.24, 2.45) is 0 Å². The van der Waals surface area contributed by atoms with Crippen molar-refractivity contribution in [3.8, 4) is 0 Å². The largest absolute Gasteiger partial charge is 0.508 e. The van der Waals surface area contributed by atoms with Gasteiger partial charge in [-0.15, -0.1) is 0 Å². The fourth-order valence-electron chi connectivity index (χ4n) is 0.596. The number of hydrogen-bond donors (Lipinski definition) is 1. The Hall–Kier alpha value is -1.56. The minimum Gasteiger partial charge on any atom is -0.453 e. The molecule has 0 saturated carbocycles. The Morgan fingerprint density at radius 2 is 2.07 bits per heavy atom. The van der Waals surface area contributed by atoms with Crippen LogP contribution < -0.4 is 0 Å². The summed E-state index contributed by atoms with van der Waals surface area (Å²) in [6.45, 7) is 4.13. The molecular formula is C9H14O6. The highest BCUT2D eigenvalue weighted by Gasteiger charge is 2.16. The average molecular weight is 218 g/mol. The summed E-state index contributed by atoms with van der Waals surface area (Å²) < 4.78 is 13.4. The van der Waals surface area contributed by atoms with Crippen LogP contribution in [-0.2, 0) is 19.0 Å². The van der Waals surface area contributed by atoms with Crippen LogP contribution in [-0.4, -0.2) is 43.7 Å². The molecule has 1 N–H and O–H groups in total. The van der Waals surface area contributed by atoms with E-state index >= 15 is 0 Å².